The van der Waals surface area contributed by atoms with Crippen molar-refractivity contribution in [3.05, 3.63) is 0 Å². The molecule has 0 saturated carbocycles. The third kappa shape index (κ3) is 2.70. The van der Waals surface area contributed by atoms with E-state index in [2.05, 4.69) is 5.32 Å². The van der Waals surface area contributed by atoms with Crippen LogP contribution in [0.3, 0.4) is 0 Å². The van der Waals surface area contributed by atoms with Crippen LogP contribution in [-0.2, 0) is 9.59 Å². The smallest absolute Gasteiger partial charge is 0.235 e. The van der Waals surface area contributed by atoms with E-state index in [0.29, 0.717) is 13.1 Å². The Morgan fingerprint density at radius 1 is 1.56 bits per heavy atom. The maximum atomic E-state index is 11.6. The van der Waals surface area contributed by atoms with Crippen LogP contribution in [0.1, 0.15) is 13.3 Å². The minimum absolute atomic E-state index is 0.0302. The Hall–Kier alpha value is -1.14. The number of amides is 2. The molecule has 1 fully saturated rings. The van der Waals surface area contributed by atoms with Crippen molar-refractivity contribution < 1.29 is 9.59 Å². The molecule has 2 amide bonds. The number of carbonyl (C=O) groups excluding carboxylic acids is 2. The molecule has 5 N–H and O–H groups in total. The molecule has 6 heteroatoms. The van der Waals surface area contributed by atoms with Gasteiger partial charge in [-0.05, 0) is 19.9 Å². The molecular weight excluding hydrogens is 208 g/mol. The van der Waals surface area contributed by atoms with Gasteiger partial charge in [-0.3, -0.25) is 9.59 Å². The SMILES string of the molecule is CNC(=O)C1(C)CCN(CC(N)C(N)=O)C1. The summed E-state index contributed by atoms with van der Waals surface area (Å²) >= 11 is 0. The fraction of sp³-hybridized carbons (Fsp3) is 0.800. The highest BCUT2D eigenvalue weighted by Crippen LogP contribution is 2.29. The highest BCUT2D eigenvalue weighted by atomic mass is 16.2. The first-order valence-electron chi connectivity index (χ1n) is 5.38. The van der Waals surface area contributed by atoms with E-state index in [1.54, 1.807) is 7.05 Å². The zero-order chi connectivity index (χ0) is 12.3. The first kappa shape index (κ1) is 12.9. The number of hydrogen-bond acceptors (Lipinski definition) is 4. The van der Waals surface area contributed by atoms with Gasteiger partial charge in [0.25, 0.3) is 0 Å². The fourth-order valence-corrected chi connectivity index (χ4v) is 2.07. The van der Waals surface area contributed by atoms with Crippen molar-refractivity contribution in [2.45, 2.75) is 19.4 Å². The third-order valence-corrected chi connectivity index (χ3v) is 3.15. The number of nitrogens with two attached hydrogens (primary N) is 2. The monoisotopic (exact) mass is 228 g/mol. The number of hydrogen-bond donors (Lipinski definition) is 3. The molecule has 1 rings (SSSR count). The molecule has 0 aromatic heterocycles. The van der Waals surface area contributed by atoms with Crippen LogP contribution in [-0.4, -0.2) is 49.4 Å². The summed E-state index contributed by atoms with van der Waals surface area (Å²) in [6.07, 6.45) is 0.776. The summed E-state index contributed by atoms with van der Waals surface area (Å²) in [5.41, 5.74) is 10.3. The van der Waals surface area contributed by atoms with E-state index in [0.717, 1.165) is 13.0 Å². The molecule has 0 bridgehead atoms. The lowest BCUT2D eigenvalue weighted by Gasteiger charge is -2.23. The van der Waals surface area contributed by atoms with Gasteiger partial charge in [-0.1, -0.05) is 0 Å². The Morgan fingerprint density at radius 2 is 2.19 bits per heavy atom. The summed E-state index contributed by atoms with van der Waals surface area (Å²) in [7, 11) is 1.63. The first-order valence-corrected chi connectivity index (χ1v) is 5.38. The summed E-state index contributed by atoms with van der Waals surface area (Å²) in [4.78, 5) is 24.5. The number of likely N-dealkylation sites (tertiary alicyclic amines) is 1. The van der Waals surface area contributed by atoms with Crippen LogP contribution in [0.25, 0.3) is 0 Å². The molecule has 16 heavy (non-hydrogen) atoms. The molecule has 0 radical (unpaired) electrons. The quantitative estimate of drug-likeness (QED) is 0.531. The second-order valence-electron chi connectivity index (χ2n) is 4.63. The predicted molar refractivity (Wildman–Crippen MR) is 60.4 cm³/mol. The largest absolute Gasteiger partial charge is 0.368 e. The molecule has 2 unspecified atom stereocenters. The van der Waals surface area contributed by atoms with Crippen LogP contribution in [0.2, 0.25) is 0 Å². The van der Waals surface area contributed by atoms with Crippen molar-refractivity contribution in [3.63, 3.8) is 0 Å². The standard InChI is InChI=1S/C10H20N4O2/c1-10(9(16)13-2)3-4-14(6-10)5-7(11)8(12)15/h7H,3-6,11H2,1-2H3,(H2,12,15)(H,13,16). The maximum Gasteiger partial charge on any atom is 0.235 e. The Labute approximate surface area is 95.3 Å². The maximum absolute atomic E-state index is 11.6. The van der Waals surface area contributed by atoms with Gasteiger partial charge in [-0.2, -0.15) is 0 Å². The molecule has 2 atom stereocenters. The second kappa shape index (κ2) is 4.80. The van der Waals surface area contributed by atoms with Crippen LogP contribution >= 0.6 is 0 Å². The van der Waals surface area contributed by atoms with Crippen LogP contribution in [0.4, 0.5) is 0 Å². The van der Waals surface area contributed by atoms with E-state index in [9.17, 15) is 9.59 Å². The molecule has 92 valence electrons. The molecule has 1 aliphatic rings. The molecule has 0 aromatic rings. The van der Waals surface area contributed by atoms with Crippen molar-refractivity contribution in [1.29, 1.82) is 0 Å². The Kier molecular flexibility index (Phi) is 3.88. The van der Waals surface area contributed by atoms with E-state index in [1.165, 1.54) is 0 Å². The van der Waals surface area contributed by atoms with Crippen LogP contribution in [0.5, 0.6) is 0 Å². The van der Waals surface area contributed by atoms with E-state index < -0.39 is 11.9 Å². The minimum Gasteiger partial charge on any atom is -0.368 e. The van der Waals surface area contributed by atoms with Gasteiger partial charge in [0.2, 0.25) is 11.8 Å². The number of nitrogens with one attached hydrogen (secondary N) is 1. The summed E-state index contributed by atoms with van der Waals surface area (Å²) in [5, 5.41) is 2.66. The highest BCUT2D eigenvalue weighted by molar-refractivity contribution is 5.82. The van der Waals surface area contributed by atoms with Gasteiger partial charge in [-0.15, -0.1) is 0 Å². The molecule has 0 aromatic carbocycles. The summed E-state index contributed by atoms with van der Waals surface area (Å²) in [6.45, 7) is 3.72. The van der Waals surface area contributed by atoms with Gasteiger partial charge in [0.15, 0.2) is 0 Å². The second-order valence-corrected chi connectivity index (χ2v) is 4.63. The molecule has 1 aliphatic heterocycles. The van der Waals surface area contributed by atoms with Gasteiger partial charge >= 0.3 is 0 Å². The van der Waals surface area contributed by atoms with Crippen molar-refractivity contribution in [2.24, 2.45) is 16.9 Å². The number of primary amides is 1. The Balaban J connectivity index is 2.52. The van der Waals surface area contributed by atoms with Crippen LogP contribution in [0.15, 0.2) is 0 Å². The molecule has 0 aliphatic carbocycles. The van der Waals surface area contributed by atoms with Crippen molar-refractivity contribution in [1.82, 2.24) is 10.2 Å². The Bertz CT molecular complexity index is 295. The number of carbonyl (C=O) groups is 2. The Morgan fingerprint density at radius 3 is 2.69 bits per heavy atom. The third-order valence-electron chi connectivity index (χ3n) is 3.15. The predicted octanol–water partition coefficient (Wildman–Crippen LogP) is -1.74. The molecule has 1 saturated heterocycles. The highest BCUT2D eigenvalue weighted by Gasteiger charge is 2.40. The molecular formula is C10H20N4O2. The van der Waals surface area contributed by atoms with Crippen molar-refractivity contribution in [3.8, 4) is 0 Å². The van der Waals surface area contributed by atoms with Crippen molar-refractivity contribution in [2.75, 3.05) is 26.7 Å². The fourth-order valence-electron chi connectivity index (χ4n) is 2.07. The molecule has 1 heterocycles. The van der Waals surface area contributed by atoms with E-state index in [-0.39, 0.29) is 11.3 Å². The first-order chi connectivity index (χ1) is 7.39. The lowest BCUT2D eigenvalue weighted by Crippen LogP contribution is -2.46. The van der Waals surface area contributed by atoms with Gasteiger partial charge in [0.05, 0.1) is 11.5 Å². The number of rotatable bonds is 4. The van der Waals surface area contributed by atoms with Gasteiger partial charge in [0.1, 0.15) is 0 Å². The summed E-state index contributed by atoms with van der Waals surface area (Å²) < 4.78 is 0. The lowest BCUT2D eigenvalue weighted by molar-refractivity contribution is -0.129. The topological polar surface area (TPSA) is 101 Å². The van der Waals surface area contributed by atoms with Gasteiger partial charge in [-0.25, -0.2) is 0 Å². The summed E-state index contributed by atoms with van der Waals surface area (Å²) in [5.74, 6) is -0.476. The average molecular weight is 228 g/mol. The number of nitrogens with zero attached hydrogens (tertiary/aromatic N) is 1. The zero-order valence-corrected chi connectivity index (χ0v) is 9.82. The zero-order valence-electron chi connectivity index (χ0n) is 9.82. The van der Waals surface area contributed by atoms with Gasteiger partial charge in [0, 0.05) is 20.1 Å². The minimum atomic E-state index is -0.660. The van der Waals surface area contributed by atoms with Gasteiger partial charge < -0.3 is 21.7 Å². The van der Waals surface area contributed by atoms with E-state index in [4.69, 9.17) is 11.5 Å². The normalized spacial score (nSPS) is 27.7. The summed E-state index contributed by atoms with van der Waals surface area (Å²) in [6, 6.07) is -0.660. The lowest BCUT2D eigenvalue weighted by atomic mass is 9.89. The van der Waals surface area contributed by atoms with Crippen LogP contribution < -0.4 is 16.8 Å². The van der Waals surface area contributed by atoms with Crippen LogP contribution in [0, 0.1) is 5.41 Å². The van der Waals surface area contributed by atoms with E-state index >= 15 is 0 Å². The molecule has 6 nitrogen and oxygen atoms in total. The van der Waals surface area contributed by atoms with Crippen molar-refractivity contribution >= 4 is 11.8 Å². The molecule has 0 spiro atoms. The average Bonchev–Trinajstić information content (AvgIpc) is 2.60. The van der Waals surface area contributed by atoms with E-state index in [1.807, 2.05) is 11.8 Å².